The molecule has 0 saturated heterocycles. The average molecular weight is 457 g/mol. The predicted octanol–water partition coefficient (Wildman–Crippen LogP) is 5.74. The van der Waals surface area contributed by atoms with Crippen LogP contribution in [-0.2, 0) is 25.3 Å². The Bertz CT molecular complexity index is 1030. The molecule has 9 heteroatoms. The summed E-state index contributed by atoms with van der Waals surface area (Å²) in [5.74, 6) is -0.198. The van der Waals surface area contributed by atoms with Crippen molar-refractivity contribution < 1.29 is 30.3 Å². The topological polar surface area (TPSA) is 63.6 Å². The van der Waals surface area contributed by atoms with Crippen LogP contribution in [0.25, 0.3) is 0 Å². The molecule has 30 heavy (non-hydrogen) atoms. The van der Waals surface area contributed by atoms with Crippen molar-refractivity contribution in [1.29, 1.82) is 0 Å². The molecule has 0 saturated carbocycles. The third kappa shape index (κ3) is 5.16. The van der Waals surface area contributed by atoms with Crippen LogP contribution >= 0.6 is 10.3 Å². The van der Waals surface area contributed by atoms with Crippen LogP contribution in [0.4, 0.5) is 13.2 Å². The maximum absolute atomic E-state index is 13.3. The van der Waals surface area contributed by atoms with E-state index in [-0.39, 0.29) is 22.2 Å². The largest absolute Gasteiger partial charge is 0.523 e. The number of aromatic hydroxyl groups is 1. The fourth-order valence-electron chi connectivity index (χ4n) is 2.90. The number of hydrogen-bond donors (Lipinski definition) is 1. The smallest absolute Gasteiger partial charge is 0.508 e. The Kier molecular flexibility index (Phi) is 6.44. The minimum absolute atomic E-state index is 0.0528. The fourth-order valence-corrected chi connectivity index (χ4v) is 7.81. The Morgan fingerprint density at radius 3 is 1.57 bits per heavy atom. The third-order valence-electron chi connectivity index (χ3n) is 4.25. The van der Waals surface area contributed by atoms with Gasteiger partial charge in [-0.3, -0.25) is 0 Å². The van der Waals surface area contributed by atoms with Crippen molar-refractivity contribution in [2.75, 3.05) is 0 Å². The van der Waals surface area contributed by atoms with Gasteiger partial charge in [0, 0.05) is 16.4 Å². The zero-order valence-corrected chi connectivity index (χ0v) is 17.3. The van der Waals surface area contributed by atoms with E-state index < -0.39 is 25.9 Å². The lowest BCUT2D eigenvalue weighted by Crippen LogP contribution is -2.28. The Morgan fingerprint density at radius 1 is 0.733 bits per heavy atom. The van der Waals surface area contributed by atoms with Gasteiger partial charge in [-0.1, -0.05) is 71.0 Å². The summed E-state index contributed by atoms with van der Waals surface area (Å²) in [6.45, 7) is 0. The molecule has 0 amide bonds. The first-order valence-electron chi connectivity index (χ1n) is 8.79. The van der Waals surface area contributed by atoms with Crippen molar-refractivity contribution in [3.8, 4) is 5.75 Å². The Morgan fingerprint density at radius 2 is 1.17 bits per heavy atom. The molecule has 3 rings (SSSR count). The van der Waals surface area contributed by atoms with Crippen LogP contribution in [0.1, 0.15) is 11.1 Å². The van der Waals surface area contributed by atoms with Gasteiger partial charge in [-0.05, 0) is 35.4 Å². The van der Waals surface area contributed by atoms with Crippen molar-refractivity contribution in [3.05, 3.63) is 96.1 Å². The molecule has 0 fully saturated rings. The lowest BCUT2D eigenvalue weighted by Gasteiger charge is -2.39. The number of hydrogen-bond acceptors (Lipinski definition) is 4. The molecule has 0 heterocycles. The summed E-state index contributed by atoms with van der Waals surface area (Å²) in [6, 6.07) is 22.6. The molecule has 0 aliphatic carbocycles. The molecular formula is C21H19F3O4S2. The van der Waals surface area contributed by atoms with Crippen molar-refractivity contribution in [3.63, 3.8) is 0 Å². The van der Waals surface area contributed by atoms with E-state index in [0.29, 0.717) is 11.1 Å². The summed E-state index contributed by atoms with van der Waals surface area (Å²) in [4.78, 5) is 0.279. The van der Waals surface area contributed by atoms with Gasteiger partial charge in [0.25, 0.3) is 0 Å². The van der Waals surface area contributed by atoms with E-state index in [4.69, 9.17) is 3.63 Å². The zero-order chi connectivity index (χ0) is 21.8. The first-order valence-corrected chi connectivity index (χ1v) is 12.1. The molecule has 0 atom stereocenters. The van der Waals surface area contributed by atoms with Crippen LogP contribution in [0.2, 0.25) is 0 Å². The minimum atomic E-state index is -5.88. The summed E-state index contributed by atoms with van der Waals surface area (Å²) in [7, 11) is -8.94. The molecule has 0 unspecified atom stereocenters. The summed E-state index contributed by atoms with van der Waals surface area (Å²) in [5, 5.41) is 9.63. The highest BCUT2D eigenvalue weighted by molar-refractivity contribution is 8.31. The number of phenols is 1. The van der Waals surface area contributed by atoms with Gasteiger partial charge >= 0.3 is 15.6 Å². The van der Waals surface area contributed by atoms with Gasteiger partial charge in [-0.2, -0.15) is 21.6 Å². The SMILES string of the molecule is O=S(=O)(OS(Cc1ccccc1)(Cc1ccccc1)c1ccc(O)cc1)C(F)(F)F. The summed E-state index contributed by atoms with van der Waals surface area (Å²) < 4.78 is 69.1. The molecule has 4 nitrogen and oxygen atoms in total. The van der Waals surface area contributed by atoms with Crippen LogP contribution < -0.4 is 0 Å². The van der Waals surface area contributed by atoms with Gasteiger partial charge < -0.3 is 5.11 Å². The molecular weight excluding hydrogens is 437 g/mol. The van der Waals surface area contributed by atoms with E-state index in [2.05, 4.69) is 0 Å². The highest BCUT2D eigenvalue weighted by Crippen LogP contribution is 2.63. The number of rotatable bonds is 7. The molecule has 3 aromatic carbocycles. The van der Waals surface area contributed by atoms with E-state index in [0.717, 1.165) is 0 Å². The maximum Gasteiger partial charge on any atom is 0.523 e. The van der Waals surface area contributed by atoms with Gasteiger partial charge in [0.15, 0.2) is 0 Å². The predicted molar refractivity (Wildman–Crippen MR) is 110 cm³/mol. The fraction of sp³-hybridized carbons (Fsp3) is 0.143. The van der Waals surface area contributed by atoms with E-state index in [9.17, 15) is 26.7 Å². The quantitative estimate of drug-likeness (QED) is 0.461. The Balaban J connectivity index is 2.19. The number of alkyl halides is 3. The normalized spacial score (nSPS) is 13.2. The summed E-state index contributed by atoms with van der Waals surface area (Å²) in [6.07, 6.45) is 0. The molecule has 0 radical (unpaired) electrons. The van der Waals surface area contributed by atoms with E-state index >= 15 is 0 Å². The van der Waals surface area contributed by atoms with E-state index in [1.807, 2.05) is 0 Å². The second-order valence-corrected chi connectivity index (χ2v) is 11.1. The van der Waals surface area contributed by atoms with Gasteiger partial charge in [0.05, 0.1) is 0 Å². The second kappa shape index (κ2) is 8.71. The van der Waals surface area contributed by atoms with Crippen LogP contribution in [0.5, 0.6) is 5.75 Å². The summed E-state index contributed by atoms with van der Waals surface area (Å²) >= 11 is 0. The van der Waals surface area contributed by atoms with Gasteiger partial charge in [-0.25, -0.2) is 3.63 Å². The minimum Gasteiger partial charge on any atom is -0.508 e. The van der Waals surface area contributed by atoms with Crippen LogP contribution in [0.3, 0.4) is 0 Å². The lowest BCUT2D eigenvalue weighted by atomic mass is 10.2. The molecule has 160 valence electrons. The molecule has 3 aromatic rings. The van der Waals surface area contributed by atoms with Crippen molar-refractivity contribution in [2.45, 2.75) is 21.9 Å². The van der Waals surface area contributed by atoms with Crippen molar-refractivity contribution in [1.82, 2.24) is 0 Å². The molecule has 0 bridgehead atoms. The zero-order valence-electron chi connectivity index (χ0n) is 15.6. The molecule has 0 aromatic heterocycles. The lowest BCUT2D eigenvalue weighted by molar-refractivity contribution is -0.0496. The maximum atomic E-state index is 13.3. The second-order valence-electron chi connectivity index (χ2n) is 6.53. The van der Waals surface area contributed by atoms with E-state index in [1.54, 1.807) is 60.7 Å². The van der Waals surface area contributed by atoms with Crippen LogP contribution in [0, 0.1) is 0 Å². The molecule has 0 spiro atoms. The number of phenolic OH excluding ortho intramolecular Hbond substituents is 1. The molecule has 0 aliphatic rings. The third-order valence-corrected chi connectivity index (χ3v) is 9.31. The van der Waals surface area contributed by atoms with Crippen molar-refractivity contribution >= 4 is 20.4 Å². The van der Waals surface area contributed by atoms with Crippen LogP contribution in [-0.4, -0.2) is 19.0 Å². The Hall–Kier alpha value is -2.49. The highest BCUT2D eigenvalue weighted by Gasteiger charge is 2.51. The number of halogens is 3. The highest BCUT2D eigenvalue weighted by atomic mass is 32.3. The summed E-state index contributed by atoms with van der Waals surface area (Å²) in [5.41, 5.74) is -4.29. The first-order chi connectivity index (χ1) is 14.1. The standard InChI is InChI=1S/C21H19F3O4S2/c22-21(23,24)30(26,27)28-29(15-17-7-3-1-4-8-17,16-18-9-5-2-6-10-18)20-13-11-19(25)12-14-20/h1-14,25H,15-16H2. The van der Waals surface area contributed by atoms with Crippen LogP contribution in [0.15, 0.2) is 89.8 Å². The molecule has 1 N–H and O–H groups in total. The van der Waals surface area contributed by atoms with Gasteiger partial charge in [0.2, 0.25) is 0 Å². The van der Waals surface area contributed by atoms with Crippen molar-refractivity contribution in [2.24, 2.45) is 0 Å². The molecule has 0 aliphatic heterocycles. The van der Waals surface area contributed by atoms with Gasteiger partial charge in [-0.15, -0.1) is 0 Å². The average Bonchev–Trinajstić information content (AvgIpc) is 2.69. The monoisotopic (exact) mass is 456 g/mol. The number of benzene rings is 3. The Labute approximate surface area is 174 Å². The van der Waals surface area contributed by atoms with Gasteiger partial charge in [0.1, 0.15) is 5.75 Å². The first kappa shape index (κ1) is 22.2. The van der Waals surface area contributed by atoms with E-state index in [1.165, 1.54) is 24.3 Å².